The van der Waals surface area contributed by atoms with Crippen molar-refractivity contribution in [2.24, 2.45) is 5.73 Å². The van der Waals surface area contributed by atoms with E-state index in [4.69, 9.17) is 30.5 Å². The highest BCUT2D eigenvalue weighted by atomic mass is 16.7. The van der Waals surface area contributed by atoms with Gasteiger partial charge in [-0.05, 0) is 19.1 Å². The number of rotatable bonds is 8. The van der Waals surface area contributed by atoms with Crippen molar-refractivity contribution in [2.45, 2.75) is 32.0 Å². The van der Waals surface area contributed by atoms with Gasteiger partial charge in [0.05, 0.1) is 19.3 Å². The van der Waals surface area contributed by atoms with Gasteiger partial charge in [-0.2, -0.15) is 0 Å². The number of nitrogens with two attached hydrogens (primary N) is 1. The molecule has 0 aromatic heterocycles. The molecular formula is C18H26N2O7. The van der Waals surface area contributed by atoms with Gasteiger partial charge in [0, 0.05) is 25.0 Å². The number of hydrogen-bond donors (Lipinski definition) is 5. The van der Waals surface area contributed by atoms with E-state index in [-0.39, 0.29) is 19.6 Å². The summed E-state index contributed by atoms with van der Waals surface area (Å²) >= 11 is 0. The first kappa shape index (κ1) is 24.5. The standard InChI is InChI=1S/C11H10N2O2.C7H16O5/c12-10(14)8-13-11(15)7-6-9-4-2-1-3-5-9;1-5(11-2)12-6(4-8)3-7(9)10/h1-5H,8H2,(H2,12,14)(H,13,15);5-10H,3-4H2,1-2H3. The Morgan fingerprint density at radius 2 is 1.89 bits per heavy atom. The third kappa shape index (κ3) is 14.4. The molecule has 0 saturated heterocycles. The van der Waals surface area contributed by atoms with Crippen molar-refractivity contribution in [3.8, 4) is 11.8 Å². The summed E-state index contributed by atoms with van der Waals surface area (Å²) in [5.41, 5.74) is 5.59. The van der Waals surface area contributed by atoms with E-state index in [0.29, 0.717) is 0 Å². The lowest BCUT2D eigenvalue weighted by molar-refractivity contribution is -0.175. The van der Waals surface area contributed by atoms with Crippen LogP contribution in [0.4, 0.5) is 0 Å². The molecule has 1 aromatic rings. The number of aliphatic hydroxyl groups is 3. The second kappa shape index (κ2) is 14.7. The normalized spacial score (nSPS) is 12.1. The molecule has 0 radical (unpaired) electrons. The van der Waals surface area contributed by atoms with Crippen LogP contribution in [0.15, 0.2) is 30.3 Å². The van der Waals surface area contributed by atoms with Crippen LogP contribution in [0.2, 0.25) is 0 Å². The summed E-state index contributed by atoms with van der Waals surface area (Å²) in [4.78, 5) is 21.4. The van der Waals surface area contributed by atoms with E-state index in [1.54, 1.807) is 19.1 Å². The van der Waals surface area contributed by atoms with Gasteiger partial charge in [0.15, 0.2) is 12.6 Å². The maximum atomic E-state index is 11.0. The van der Waals surface area contributed by atoms with Gasteiger partial charge in [0.1, 0.15) is 0 Å². The number of carbonyl (C=O) groups is 2. The number of primary amides is 1. The Hall–Kier alpha value is -2.48. The van der Waals surface area contributed by atoms with Gasteiger partial charge in [-0.25, -0.2) is 0 Å². The monoisotopic (exact) mass is 382 g/mol. The SMILES string of the molecule is COC(C)OC(CO)CC(O)O.NC(=O)CNC(=O)C#Cc1ccccc1. The summed E-state index contributed by atoms with van der Waals surface area (Å²) in [6, 6.07) is 9.08. The Balaban J connectivity index is 0.000000516. The third-order valence-electron chi connectivity index (χ3n) is 2.91. The molecule has 9 nitrogen and oxygen atoms in total. The zero-order valence-corrected chi connectivity index (χ0v) is 15.3. The highest BCUT2D eigenvalue weighted by molar-refractivity contribution is 5.96. The largest absolute Gasteiger partial charge is 0.394 e. The molecule has 150 valence electrons. The molecule has 0 bridgehead atoms. The van der Waals surface area contributed by atoms with E-state index >= 15 is 0 Å². The Bertz CT molecular complexity index is 611. The maximum absolute atomic E-state index is 11.0. The van der Waals surface area contributed by atoms with Crippen LogP contribution < -0.4 is 11.1 Å². The average molecular weight is 382 g/mol. The summed E-state index contributed by atoms with van der Waals surface area (Å²) in [7, 11) is 1.47. The number of methoxy groups -OCH3 is 1. The molecule has 0 aliphatic carbocycles. The summed E-state index contributed by atoms with van der Waals surface area (Å²) in [5.74, 6) is 3.89. The number of aliphatic hydroxyl groups excluding tert-OH is 2. The second-order valence-corrected chi connectivity index (χ2v) is 5.23. The molecule has 2 amide bonds. The first-order valence-corrected chi connectivity index (χ1v) is 8.06. The quantitative estimate of drug-likeness (QED) is 0.277. The second-order valence-electron chi connectivity index (χ2n) is 5.23. The van der Waals surface area contributed by atoms with Gasteiger partial charge in [-0.1, -0.05) is 24.1 Å². The van der Waals surface area contributed by atoms with Crippen LogP contribution in [-0.4, -0.2) is 66.1 Å². The van der Waals surface area contributed by atoms with Crippen molar-refractivity contribution in [3.05, 3.63) is 35.9 Å². The zero-order valence-electron chi connectivity index (χ0n) is 15.3. The molecule has 0 aliphatic heterocycles. The van der Waals surface area contributed by atoms with Gasteiger partial charge in [0.25, 0.3) is 5.91 Å². The van der Waals surface area contributed by atoms with Crippen LogP contribution in [0.3, 0.4) is 0 Å². The molecule has 1 aromatic carbocycles. The molecule has 2 unspecified atom stereocenters. The van der Waals surface area contributed by atoms with Crippen molar-refractivity contribution in [1.29, 1.82) is 0 Å². The Morgan fingerprint density at radius 3 is 2.37 bits per heavy atom. The molecule has 6 N–H and O–H groups in total. The van der Waals surface area contributed by atoms with Gasteiger partial charge >= 0.3 is 0 Å². The molecule has 27 heavy (non-hydrogen) atoms. The molecule has 1 rings (SSSR count). The van der Waals surface area contributed by atoms with Crippen LogP contribution >= 0.6 is 0 Å². The van der Waals surface area contributed by atoms with E-state index in [9.17, 15) is 9.59 Å². The van der Waals surface area contributed by atoms with Crippen LogP contribution in [-0.2, 0) is 19.1 Å². The van der Waals surface area contributed by atoms with E-state index in [0.717, 1.165) is 5.56 Å². The van der Waals surface area contributed by atoms with Crippen molar-refractivity contribution in [1.82, 2.24) is 5.32 Å². The summed E-state index contributed by atoms with van der Waals surface area (Å²) < 4.78 is 9.83. The first-order valence-electron chi connectivity index (χ1n) is 8.06. The molecule has 2 atom stereocenters. The number of amides is 2. The minimum Gasteiger partial charge on any atom is -0.394 e. The van der Waals surface area contributed by atoms with Gasteiger partial charge in [-0.3, -0.25) is 9.59 Å². The number of benzene rings is 1. The average Bonchev–Trinajstić information content (AvgIpc) is 2.64. The van der Waals surface area contributed by atoms with Crippen molar-refractivity contribution in [2.75, 3.05) is 20.3 Å². The predicted octanol–water partition coefficient (Wildman–Crippen LogP) is -1.30. The number of ether oxygens (including phenoxy) is 2. The van der Waals surface area contributed by atoms with Crippen LogP contribution in [0.5, 0.6) is 0 Å². The fraction of sp³-hybridized carbons (Fsp3) is 0.444. The van der Waals surface area contributed by atoms with E-state index in [1.165, 1.54) is 7.11 Å². The lowest BCUT2D eigenvalue weighted by atomic mass is 10.2. The maximum Gasteiger partial charge on any atom is 0.296 e. The van der Waals surface area contributed by atoms with Crippen LogP contribution in [0.1, 0.15) is 18.9 Å². The summed E-state index contributed by atoms with van der Waals surface area (Å²) in [6.07, 6.45) is -2.54. The lowest BCUT2D eigenvalue weighted by Gasteiger charge is -2.20. The van der Waals surface area contributed by atoms with E-state index in [2.05, 4.69) is 17.2 Å². The van der Waals surface area contributed by atoms with Crippen molar-refractivity contribution < 1.29 is 34.4 Å². The zero-order chi connectivity index (χ0) is 20.7. The molecule has 0 heterocycles. The predicted molar refractivity (Wildman–Crippen MR) is 96.8 cm³/mol. The Labute approximate surface area is 158 Å². The topological polar surface area (TPSA) is 151 Å². The Morgan fingerprint density at radius 1 is 1.26 bits per heavy atom. The minimum absolute atomic E-state index is 0.0236. The van der Waals surface area contributed by atoms with Gasteiger partial charge in [0.2, 0.25) is 5.91 Å². The number of carbonyl (C=O) groups excluding carboxylic acids is 2. The third-order valence-corrected chi connectivity index (χ3v) is 2.91. The van der Waals surface area contributed by atoms with E-state index < -0.39 is 30.5 Å². The first-order chi connectivity index (χ1) is 12.8. The van der Waals surface area contributed by atoms with Crippen molar-refractivity contribution >= 4 is 11.8 Å². The number of nitrogens with one attached hydrogen (secondary N) is 1. The summed E-state index contributed by atoms with van der Waals surface area (Å²) in [6.45, 7) is 1.21. The molecule has 0 spiro atoms. The molecule has 0 aliphatic rings. The smallest absolute Gasteiger partial charge is 0.296 e. The fourth-order valence-corrected chi connectivity index (χ4v) is 1.60. The molecule has 0 saturated carbocycles. The molecule has 0 fully saturated rings. The highest BCUT2D eigenvalue weighted by Gasteiger charge is 2.14. The minimum atomic E-state index is -1.47. The molecule has 9 heteroatoms. The van der Waals surface area contributed by atoms with Crippen molar-refractivity contribution in [3.63, 3.8) is 0 Å². The summed E-state index contributed by atoms with van der Waals surface area (Å²) in [5, 5.41) is 28.1. The van der Waals surface area contributed by atoms with E-state index in [1.807, 2.05) is 18.2 Å². The lowest BCUT2D eigenvalue weighted by Crippen LogP contribution is -2.32. The highest BCUT2D eigenvalue weighted by Crippen LogP contribution is 2.04. The van der Waals surface area contributed by atoms with Crippen LogP contribution in [0.25, 0.3) is 0 Å². The molecular weight excluding hydrogens is 356 g/mol. The fourth-order valence-electron chi connectivity index (χ4n) is 1.60. The van der Waals surface area contributed by atoms with Gasteiger partial charge in [-0.15, -0.1) is 0 Å². The van der Waals surface area contributed by atoms with Crippen LogP contribution in [0, 0.1) is 11.8 Å². The number of hydrogen-bond acceptors (Lipinski definition) is 7. The Kier molecular flexibility index (Phi) is 13.3. The van der Waals surface area contributed by atoms with Gasteiger partial charge < -0.3 is 35.8 Å².